The quantitative estimate of drug-likeness (QED) is 0.843. The van der Waals surface area contributed by atoms with Gasteiger partial charge in [0.25, 0.3) is 0 Å². The third-order valence-corrected chi connectivity index (χ3v) is 3.48. The first-order chi connectivity index (χ1) is 8.51. The molecule has 0 aliphatic heterocycles. The Morgan fingerprint density at radius 2 is 1.83 bits per heavy atom. The first-order valence-electron chi connectivity index (χ1n) is 6.67. The van der Waals surface area contributed by atoms with Gasteiger partial charge in [0.15, 0.2) is 0 Å². The van der Waals surface area contributed by atoms with Crippen LogP contribution in [0, 0.1) is 13.8 Å². The van der Waals surface area contributed by atoms with Crippen molar-refractivity contribution in [3.63, 3.8) is 0 Å². The molecule has 1 atom stereocenters. The zero-order valence-electron chi connectivity index (χ0n) is 12.2. The van der Waals surface area contributed by atoms with Gasteiger partial charge in [0.1, 0.15) is 18.1 Å². The van der Waals surface area contributed by atoms with Gasteiger partial charge in [0.05, 0.1) is 0 Å². The lowest BCUT2D eigenvalue weighted by molar-refractivity contribution is 0.157. The molecular formula is C15H25NO2. The second-order valence-electron chi connectivity index (χ2n) is 4.74. The van der Waals surface area contributed by atoms with Crippen molar-refractivity contribution in [2.75, 3.05) is 19.7 Å². The molecule has 1 rings (SSSR count). The molecule has 0 unspecified atom stereocenters. The van der Waals surface area contributed by atoms with E-state index in [-0.39, 0.29) is 0 Å². The van der Waals surface area contributed by atoms with Crippen molar-refractivity contribution in [3.05, 3.63) is 23.3 Å². The third-order valence-electron chi connectivity index (χ3n) is 3.48. The Bertz CT molecular complexity index is 386. The van der Waals surface area contributed by atoms with Gasteiger partial charge in [0, 0.05) is 11.6 Å². The van der Waals surface area contributed by atoms with Crippen LogP contribution in [0.3, 0.4) is 0 Å². The lowest BCUT2D eigenvalue weighted by atomic mass is 10.1. The van der Waals surface area contributed by atoms with E-state index >= 15 is 0 Å². The maximum Gasteiger partial charge on any atom is 0.128 e. The fraction of sp³-hybridized carbons (Fsp3) is 0.600. The van der Waals surface area contributed by atoms with Crippen LogP contribution in [0.15, 0.2) is 12.1 Å². The molecule has 0 aliphatic rings. The largest absolute Gasteiger partial charge is 0.508 e. The van der Waals surface area contributed by atoms with Crippen LogP contribution in [0.5, 0.6) is 11.5 Å². The van der Waals surface area contributed by atoms with E-state index in [4.69, 9.17) is 4.74 Å². The van der Waals surface area contributed by atoms with Crippen LogP contribution in [-0.2, 0) is 0 Å². The Kier molecular flexibility index (Phi) is 5.48. The molecule has 0 aromatic heterocycles. The molecular weight excluding hydrogens is 226 g/mol. The number of hydrogen-bond donors (Lipinski definition) is 1. The van der Waals surface area contributed by atoms with Gasteiger partial charge in [-0.05, 0) is 45.5 Å². The molecule has 0 spiro atoms. The summed E-state index contributed by atoms with van der Waals surface area (Å²) in [7, 11) is 0. The Morgan fingerprint density at radius 3 is 2.39 bits per heavy atom. The molecule has 1 N–H and O–H groups in total. The SMILES string of the molecule is CCN(CC)[C@@H](C)COc1c(C)ccc(O)c1C. The summed E-state index contributed by atoms with van der Waals surface area (Å²) in [6.45, 7) is 13.1. The van der Waals surface area contributed by atoms with Gasteiger partial charge in [0.2, 0.25) is 0 Å². The van der Waals surface area contributed by atoms with E-state index in [2.05, 4.69) is 25.7 Å². The molecule has 18 heavy (non-hydrogen) atoms. The molecule has 0 heterocycles. The highest BCUT2D eigenvalue weighted by Gasteiger charge is 2.13. The van der Waals surface area contributed by atoms with Crippen LogP contribution in [0.25, 0.3) is 0 Å². The zero-order valence-corrected chi connectivity index (χ0v) is 12.2. The van der Waals surface area contributed by atoms with Gasteiger partial charge < -0.3 is 9.84 Å². The average molecular weight is 251 g/mol. The molecule has 1 aromatic carbocycles. The zero-order chi connectivity index (χ0) is 13.7. The van der Waals surface area contributed by atoms with Crippen LogP contribution in [0.2, 0.25) is 0 Å². The smallest absolute Gasteiger partial charge is 0.128 e. The number of phenols is 1. The Morgan fingerprint density at radius 1 is 1.22 bits per heavy atom. The van der Waals surface area contributed by atoms with Crippen molar-refractivity contribution in [2.24, 2.45) is 0 Å². The number of nitrogens with zero attached hydrogens (tertiary/aromatic N) is 1. The Hall–Kier alpha value is -1.22. The number of likely N-dealkylation sites (N-methyl/N-ethyl adjacent to an activating group) is 1. The first kappa shape index (κ1) is 14.8. The van der Waals surface area contributed by atoms with E-state index in [1.54, 1.807) is 6.07 Å². The number of aromatic hydroxyl groups is 1. The van der Waals surface area contributed by atoms with Crippen LogP contribution < -0.4 is 4.74 Å². The fourth-order valence-corrected chi connectivity index (χ4v) is 2.20. The standard InChI is InChI=1S/C15H25NO2/c1-6-16(7-2)12(4)10-18-15-11(3)8-9-14(17)13(15)5/h8-9,12,17H,6-7,10H2,1-5H3/t12-/m0/s1. The summed E-state index contributed by atoms with van der Waals surface area (Å²) in [5, 5.41) is 9.70. The van der Waals surface area contributed by atoms with E-state index in [1.807, 2.05) is 19.9 Å². The van der Waals surface area contributed by atoms with Gasteiger partial charge in [-0.15, -0.1) is 0 Å². The summed E-state index contributed by atoms with van der Waals surface area (Å²) in [4.78, 5) is 2.35. The minimum atomic E-state index is 0.297. The monoisotopic (exact) mass is 251 g/mol. The second kappa shape index (κ2) is 6.64. The summed E-state index contributed by atoms with van der Waals surface area (Å²) in [5.74, 6) is 1.11. The van der Waals surface area contributed by atoms with Crippen LogP contribution in [-0.4, -0.2) is 35.7 Å². The van der Waals surface area contributed by atoms with Gasteiger partial charge in [-0.3, -0.25) is 4.90 Å². The lowest BCUT2D eigenvalue weighted by Crippen LogP contribution is -2.37. The van der Waals surface area contributed by atoms with Crippen LogP contribution in [0.1, 0.15) is 31.9 Å². The summed E-state index contributed by atoms with van der Waals surface area (Å²) >= 11 is 0. The molecule has 3 heteroatoms. The molecule has 0 saturated carbocycles. The number of benzene rings is 1. The van der Waals surface area contributed by atoms with Crippen molar-refractivity contribution in [2.45, 2.75) is 40.7 Å². The van der Waals surface area contributed by atoms with E-state index in [0.717, 1.165) is 30.0 Å². The minimum absolute atomic E-state index is 0.297. The summed E-state index contributed by atoms with van der Waals surface area (Å²) < 4.78 is 5.89. The molecule has 102 valence electrons. The van der Waals surface area contributed by atoms with Crippen molar-refractivity contribution in [1.82, 2.24) is 4.90 Å². The van der Waals surface area contributed by atoms with E-state index in [9.17, 15) is 5.11 Å². The molecule has 3 nitrogen and oxygen atoms in total. The number of rotatable bonds is 6. The predicted molar refractivity (Wildman–Crippen MR) is 75.5 cm³/mol. The molecule has 0 amide bonds. The Labute approximate surface area is 110 Å². The normalized spacial score (nSPS) is 12.8. The van der Waals surface area contributed by atoms with E-state index < -0.39 is 0 Å². The van der Waals surface area contributed by atoms with Crippen molar-refractivity contribution in [1.29, 1.82) is 0 Å². The average Bonchev–Trinajstić information content (AvgIpc) is 2.35. The highest BCUT2D eigenvalue weighted by Crippen LogP contribution is 2.30. The number of phenolic OH excluding ortho intramolecular Hbond substituents is 1. The van der Waals surface area contributed by atoms with Crippen molar-refractivity contribution in [3.8, 4) is 11.5 Å². The third kappa shape index (κ3) is 3.39. The number of hydrogen-bond acceptors (Lipinski definition) is 3. The van der Waals surface area contributed by atoms with Crippen LogP contribution >= 0.6 is 0 Å². The van der Waals surface area contributed by atoms with Crippen LogP contribution in [0.4, 0.5) is 0 Å². The van der Waals surface area contributed by atoms with Crippen molar-refractivity contribution < 1.29 is 9.84 Å². The molecule has 0 aliphatic carbocycles. The summed E-state index contributed by atoms with van der Waals surface area (Å²) in [6, 6.07) is 3.98. The predicted octanol–water partition coefficient (Wildman–Crippen LogP) is 3.12. The minimum Gasteiger partial charge on any atom is -0.508 e. The second-order valence-corrected chi connectivity index (χ2v) is 4.74. The van der Waals surface area contributed by atoms with E-state index in [1.165, 1.54) is 0 Å². The van der Waals surface area contributed by atoms with Gasteiger partial charge >= 0.3 is 0 Å². The molecule has 1 aromatic rings. The molecule has 0 radical (unpaired) electrons. The Balaban J connectivity index is 2.72. The van der Waals surface area contributed by atoms with E-state index in [0.29, 0.717) is 18.4 Å². The highest BCUT2D eigenvalue weighted by molar-refractivity contribution is 5.47. The van der Waals surface area contributed by atoms with Crippen molar-refractivity contribution >= 4 is 0 Å². The first-order valence-corrected chi connectivity index (χ1v) is 6.67. The maximum absolute atomic E-state index is 9.70. The number of aryl methyl sites for hydroxylation is 1. The maximum atomic E-state index is 9.70. The van der Waals surface area contributed by atoms with Gasteiger partial charge in [-0.25, -0.2) is 0 Å². The topological polar surface area (TPSA) is 32.7 Å². The molecule has 0 fully saturated rings. The van der Waals surface area contributed by atoms with Gasteiger partial charge in [-0.2, -0.15) is 0 Å². The summed E-state index contributed by atoms with van der Waals surface area (Å²) in [5.41, 5.74) is 1.89. The summed E-state index contributed by atoms with van der Waals surface area (Å²) in [6.07, 6.45) is 0. The molecule has 0 saturated heterocycles. The highest BCUT2D eigenvalue weighted by atomic mass is 16.5. The fourth-order valence-electron chi connectivity index (χ4n) is 2.20. The van der Waals surface area contributed by atoms with Gasteiger partial charge in [-0.1, -0.05) is 19.9 Å². The molecule has 0 bridgehead atoms. The number of ether oxygens (including phenoxy) is 1. The lowest BCUT2D eigenvalue weighted by Gasteiger charge is -2.26.